The molecule has 20 heavy (non-hydrogen) atoms. The summed E-state index contributed by atoms with van der Waals surface area (Å²) in [5, 5.41) is 10.8. The van der Waals surface area contributed by atoms with Crippen LogP contribution < -0.4 is 5.32 Å². The lowest BCUT2D eigenvalue weighted by atomic mass is 9.96. The number of amides is 2. The summed E-state index contributed by atoms with van der Waals surface area (Å²) in [5.41, 5.74) is 0.338. The van der Waals surface area contributed by atoms with Crippen LogP contribution in [0.4, 0.5) is 0 Å². The summed E-state index contributed by atoms with van der Waals surface area (Å²) in [6, 6.07) is 0.363. The lowest BCUT2D eigenvalue weighted by Gasteiger charge is -2.25. The molecule has 3 rings (SSSR count). The molecule has 1 aromatic heterocycles. The first-order chi connectivity index (χ1) is 9.74. The van der Waals surface area contributed by atoms with Crippen LogP contribution in [0.1, 0.15) is 48.6 Å². The van der Waals surface area contributed by atoms with Gasteiger partial charge in [-0.2, -0.15) is 0 Å². The standard InChI is InChI=1S/C13H19N5O2/c19-12-9-17(7-6-14-12)13(20)11-8-18(16-15-11)10-4-2-1-3-5-10/h8,10H,1-7,9H2,(H,14,19). The molecule has 1 N–H and O–H groups in total. The fraction of sp³-hybridized carbons (Fsp3) is 0.692. The highest BCUT2D eigenvalue weighted by atomic mass is 16.2. The van der Waals surface area contributed by atoms with E-state index in [-0.39, 0.29) is 18.4 Å². The molecule has 1 aliphatic carbocycles. The topological polar surface area (TPSA) is 80.1 Å². The van der Waals surface area contributed by atoms with Gasteiger partial charge in [-0.15, -0.1) is 5.10 Å². The van der Waals surface area contributed by atoms with Crippen LogP contribution in [0.15, 0.2) is 6.20 Å². The van der Waals surface area contributed by atoms with Gasteiger partial charge in [0, 0.05) is 13.1 Å². The number of hydrogen-bond acceptors (Lipinski definition) is 4. The van der Waals surface area contributed by atoms with Crippen molar-refractivity contribution in [3.8, 4) is 0 Å². The minimum atomic E-state index is -0.207. The number of nitrogens with zero attached hydrogens (tertiary/aromatic N) is 4. The smallest absolute Gasteiger partial charge is 0.276 e. The van der Waals surface area contributed by atoms with Gasteiger partial charge >= 0.3 is 0 Å². The molecule has 2 heterocycles. The van der Waals surface area contributed by atoms with Gasteiger partial charge in [0.15, 0.2) is 5.69 Å². The summed E-state index contributed by atoms with van der Waals surface area (Å²) in [4.78, 5) is 25.1. The Balaban J connectivity index is 1.69. The molecule has 7 nitrogen and oxygen atoms in total. The molecule has 0 aromatic carbocycles. The van der Waals surface area contributed by atoms with Crippen molar-refractivity contribution in [2.45, 2.75) is 38.1 Å². The van der Waals surface area contributed by atoms with Gasteiger partial charge in [0.25, 0.3) is 5.91 Å². The van der Waals surface area contributed by atoms with E-state index < -0.39 is 0 Å². The Morgan fingerprint density at radius 1 is 1.30 bits per heavy atom. The lowest BCUT2D eigenvalue weighted by Crippen LogP contribution is -2.50. The Morgan fingerprint density at radius 2 is 2.10 bits per heavy atom. The van der Waals surface area contributed by atoms with Gasteiger partial charge in [0.05, 0.1) is 18.8 Å². The number of rotatable bonds is 2. The quantitative estimate of drug-likeness (QED) is 0.846. The summed E-state index contributed by atoms with van der Waals surface area (Å²) >= 11 is 0. The molecule has 1 aromatic rings. The van der Waals surface area contributed by atoms with Gasteiger partial charge in [-0.25, -0.2) is 4.68 Å². The van der Waals surface area contributed by atoms with E-state index in [1.54, 1.807) is 6.20 Å². The van der Waals surface area contributed by atoms with Crippen LogP contribution in [0.2, 0.25) is 0 Å². The van der Waals surface area contributed by atoms with E-state index >= 15 is 0 Å². The van der Waals surface area contributed by atoms with E-state index in [0.29, 0.717) is 24.8 Å². The monoisotopic (exact) mass is 277 g/mol. The second-order valence-corrected chi connectivity index (χ2v) is 5.45. The van der Waals surface area contributed by atoms with Crippen LogP contribution in [0, 0.1) is 0 Å². The van der Waals surface area contributed by atoms with E-state index in [9.17, 15) is 9.59 Å². The van der Waals surface area contributed by atoms with Crippen molar-refractivity contribution in [2.75, 3.05) is 19.6 Å². The Kier molecular flexibility index (Phi) is 3.66. The zero-order valence-electron chi connectivity index (χ0n) is 11.4. The van der Waals surface area contributed by atoms with Crippen LogP contribution in [-0.4, -0.2) is 51.3 Å². The minimum absolute atomic E-state index is 0.106. The van der Waals surface area contributed by atoms with Gasteiger partial charge < -0.3 is 10.2 Å². The van der Waals surface area contributed by atoms with Crippen molar-refractivity contribution < 1.29 is 9.59 Å². The van der Waals surface area contributed by atoms with E-state index in [4.69, 9.17) is 0 Å². The molecular formula is C13H19N5O2. The highest BCUT2D eigenvalue weighted by Gasteiger charge is 2.25. The second kappa shape index (κ2) is 5.60. The lowest BCUT2D eigenvalue weighted by molar-refractivity contribution is -0.123. The average Bonchev–Trinajstić information content (AvgIpc) is 2.97. The van der Waals surface area contributed by atoms with Crippen molar-refractivity contribution in [1.29, 1.82) is 0 Å². The molecule has 2 aliphatic rings. The Hall–Kier alpha value is -1.92. The van der Waals surface area contributed by atoms with E-state index in [1.165, 1.54) is 24.2 Å². The maximum atomic E-state index is 12.3. The molecule has 1 saturated carbocycles. The number of hydrogen-bond donors (Lipinski definition) is 1. The number of carbonyl (C=O) groups excluding carboxylic acids is 2. The number of piperazine rings is 1. The molecule has 0 bridgehead atoms. The van der Waals surface area contributed by atoms with Gasteiger partial charge in [-0.3, -0.25) is 9.59 Å². The van der Waals surface area contributed by atoms with Gasteiger partial charge in [0.1, 0.15) is 0 Å². The first-order valence-corrected chi connectivity index (χ1v) is 7.22. The van der Waals surface area contributed by atoms with Gasteiger partial charge in [0.2, 0.25) is 5.91 Å². The zero-order chi connectivity index (χ0) is 13.9. The minimum Gasteiger partial charge on any atom is -0.353 e. The van der Waals surface area contributed by atoms with Crippen molar-refractivity contribution in [1.82, 2.24) is 25.2 Å². The molecule has 1 aliphatic heterocycles. The molecule has 0 spiro atoms. The first-order valence-electron chi connectivity index (χ1n) is 7.22. The third-order valence-corrected chi connectivity index (χ3v) is 4.00. The highest BCUT2D eigenvalue weighted by molar-refractivity contribution is 5.95. The third kappa shape index (κ3) is 2.66. The largest absolute Gasteiger partial charge is 0.353 e. The van der Waals surface area contributed by atoms with E-state index in [1.807, 2.05) is 4.68 Å². The third-order valence-electron chi connectivity index (χ3n) is 4.00. The molecule has 0 unspecified atom stereocenters. The molecule has 1 saturated heterocycles. The summed E-state index contributed by atoms with van der Waals surface area (Å²) in [6.07, 6.45) is 7.62. The molecular weight excluding hydrogens is 258 g/mol. The van der Waals surface area contributed by atoms with E-state index in [0.717, 1.165) is 12.8 Å². The summed E-state index contributed by atoms with van der Waals surface area (Å²) in [7, 11) is 0. The summed E-state index contributed by atoms with van der Waals surface area (Å²) in [6.45, 7) is 1.14. The van der Waals surface area contributed by atoms with Crippen molar-refractivity contribution in [3.05, 3.63) is 11.9 Å². The molecule has 0 atom stereocenters. The van der Waals surface area contributed by atoms with Gasteiger partial charge in [-0.05, 0) is 12.8 Å². The molecule has 2 fully saturated rings. The highest BCUT2D eigenvalue weighted by Crippen LogP contribution is 2.27. The van der Waals surface area contributed by atoms with Crippen LogP contribution in [0.25, 0.3) is 0 Å². The normalized spacial score (nSPS) is 20.8. The Labute approximate surface area is 117 Å². The summed E-state index contributed by atoms with van der Waals surface area (Å²) in [5.74, 6) is -0.328. The maximum Gasteiger partial charge on any atom is 0.276 e. The fourth-order valence-electron chi connectivity index (χ4n) is 2.87. The molecule has 7 heteroatoms. The number of carbonyl (C=O) groups is 2. The van der Waals surface area contributed by atoms with Crippen molar-refractivity contribution in [3.63, 3.8) is 0 Å². The fourth-order valence-corrected chi connectivity index (χ4v) is 2.87. The van der Waals surface area contributed by atoms with E-state index in [2.05, 4.69) is 15.6 Å². The average molecular weight is 277 g/mol. The maximum absolute atomic E-state index is 12.3. The SMILES string of the molecule is O=C1CN(C(=O)c2cn(C3CCCCC3)nn2)CCN1. The first kappa shape index (κ1) is 13.1. The zero-order valence-corrected chi connectivity index (χ0v) is 11.4. The van der Waals surface area contributed by atoms with Crippen LogP contribution >= 0.6 is 0 Å². The van der Waals surface area contributed by atoms with Crippen molar-refractivity contribution in [2.24, 2.45) is 0 Å². The Bertz CT molecular complexity index is 507. The molecule has 0 radical (unpaired) electrons. The second-order valence-electron chi connectivity index (χ2n) is 5.45. The molecule has 108 valence electrons. The Morgan fingerprint density at radius 3 is 2.85 bits per heavy atom. The predicted molar refractivity (Wildman–Crippen MR) is 71.1 cm³/mol. The van der Waals surface area contributed by atoms with Gasteiger partial charge in [-0.1, -0.05) is 24.5 Å². The van der Waals surface area contributed by atoms with Crippen LogP contribution in [-0.2, 0) is 4.79 Å². The predicted octanol–water partition coefficient (Wildman–Crippen LogP) is 0.355. The van der Waals surface area contributed by atoms with Crippen molar-refractivity contribution >= 4 is 11.8 Å². The number of aromatic nitrogens is 3. The van der Waals surface area contributed by atoms with Crippen LogP contribution in [0.5, 0.6) is 0 Å². The summed E-state index contributed by atoms with van der Waals surface area (Å²) < 4.78 is 1.82. The number of nitrogens with one attached hydrogen (secondary N) is 1. The van der Waals surface area contributed by atoms with Crippen LogP contribution in [0.3, 0.4) is 0 Å². The molecule has 2 amide bonds.